The molecule has 0 bridgehead atoms. The molecule has 5 heteroatoms. The number of ether oxygens (including phenoxy) is 1. The Morgan fingerprint density at radius 3 is 2.89 bits per heavy atom. The minimum Gasteiger partial charge on any atom is -0.454 e. The normalized spacial score (nSPS) is 16.7. The van der Waals surface area contributed by atoms with Gasteiger partial charge in [-0.1, -0.05) is 30.3 Å². The molecule has 88 valence electrons. The third-order valence-electron chi connectivity index (χ3n) is 2.86. The van der Waals surface area contributed by atoms with Gasteiger partial charge in [0.2, 0.25) is 0 Å². The van der Waals surface area contributed by atoms with Crippen molar-refractivity contribution in [3.8, 4) is 12.1 Å². The first-order chi connectivity index (χ1) is 8.78. The molecule has 3 rings (SSSR count). The van der Waals surface area contributed by atoms with Crippen LogP contribution in [-0.4, -0.2) is 9.55 Å². The second kappa shape index (κ2) is 4.00. The molecule has 1 aromatic carbocycles. The Balaban J connectivity index is 1.97. The lowest BCUT2D eigenvalue weighted by Gasteiger charge is -2.07. The summed E-state index contributed by atoms with van der Waals surface area (Å²) in [6.07, 6.45) is 1.33. The maximum atomic E-state index is 11.4. The average Bonchev–Trinajstić information content (AvgIpc) is 2.81. The molecule has 1 aromatic heterocycles. The van der Waals surface area contributed by atoms with Crippen LogP contribution in [0.5, 0.6) is 6.01 Å². The summed E-state index contributed by atoms with van der Waals surface area (Å²) in [4.78, 5) is 15.2. The quantitative estimate of drug-likeness (QED) is 0.751. The molecule has 0 spiro atoms. The van der Waals surface area contributed by atoms with Crippen LogP contribution in [0.1, 0.15) is 17.2 Å². The van der Waals surface area contributed by atoms with Crippen LogP contribution in [-0.2, 0) is 6.54 Å². The minimum absolute atomic E-state index is 0.0380. The maximum absolute atomic E-state index is 11.4. The van der Waals surface area contributed by atoms with Crippen LogP contribution in [0, 0.1) is 11.3 Å². The molecule has 0 fully saturated rings. The Hall–Kier alpha value is -2.61. The molecule has 0 aliphatic carbocycles. The Bertz CT molecular complexity index is 686. The van der Waals surface area contributed by atoms with E-state index in [1.54, 1.807) is 4.57 Å². The molecule has 1 aliphatic rings. The highest BCUT2D eigenvalue weighted by Crippen LogP contribution is 2.28. The largest absolute Gasteiger partial charge is 0.454 e. The molecule has 1 aliphatic heterocycles. The van der Waals surface area contributed by atoms with E-state index in [0.717, 1.165) is 5.56 Å². The van der Waals surface area contributed by atoms with Crippen molar-refractivity contribution in [3.63, 3.8) is 0 Å². The fourth-order valence-electron chi connectivity index (χ4n) is 1.96. The summed E-state index contributed by atoms with van der Waals surface area (Å²) >= 11 is 0. The number of fused-ring (bicyclic) bond motifs is 1. The second-order valence-corrected chi connectivity index (χ2v) is 4.02. The number of hydrogen-bond donors (Lipinski definition) is 0. The van der Waals surface area contributed by atoms with Crippen LogP contribution >= 0.6 is 0 Å². The first-order valence-electron chi connectivity index (χ1n) is 5.51. The van der Waals surface area contributed by atoms with E-state index >= 15 is 0 Å². The summed E-state index contributed by atoms with van der Waals surface area (Å²) < 4.78 is 7.31. The molecule has 5 nitrogen and oxygen atoms in total. The smallest absolute Gasteiger partial charge is 0.300 e. The van der Waals surface area contributed by atoms with E-state index in [0.29, 0.717) is 6.54 Å². The molecule has 1 atom stereocenters. The molecule has 0 N–H and O–H groups in total. The molecule has 2 heterocycles. The van der Waals surface area contributed by atoms with Gasteiger partial charge in [0.1, 0.15) is 17.7 Å². The average molecular weight is 239 g/mol. The van der Waals surface area contributed by atoms with Gasteiger partial charge in [0.05, 0.1) is 6.54 Å². The topological polar surface area (TPSA) is 67.9 Å². The van der Waals surface area contributed by atoms with Crippen molar-refractivity contribution in [1.82, 2.24) is 9.55 Å². The zero-order valence-corrected chi connectivity index (χ0v) is 9.41. The maximum Gasteiger partial charge on any atom is 0.300 e. The Kier molecular flexibility index (Phi) is 2.34. The van der Waals surface area contributed by atoms with E-state index in [9.17, 15) is 4.79 Å². The van der Waals surface area contributed by atoms with E-state index < -0.39 is 5.56 Å². The molecule has 0 amide bonds. The van der Waals surface area contributed by atoms with Crippen LogP contribution < -0.4 is 10.3 Å². The van der Waals surface area contributed by atoms with Crippen molar-refractivity contribution in [3.05, 3.63) is 58.0 Å². The highest BCUT2D eigenvalue weighted by Gasteiger charge is 2.25. The fourth-order valence-corrected chi connectivity index (χ4v) is 1.96. The molecule has 0 radical (unpaired) electrons. The first kappa shape index (κ1) is 10.5. The van der Waals surface area contributed by atoms with Gasteiger partial charge in [-0.3, -0.25) is 9.36 Å². The third-order valence-corrected chi connectivity index (χ3v) is 2.86. The van der Waals surface area contributed by atoms with Crippen LogP contribution in [0.15, 0.2) is 41.3 Å². The van der Waals surface area contributed by atoms with Gasteiger partial charge in [-0.05, 0) is 5.56 Å². The van der Waals surface area contributed by atoms with Gasteiger partial charge in [-0.15, -0.1) is 0 Å². The SMILES string of the molecule is N#Cc1cn2c(nc1=O)OC(c1ccccc1)C2. The van der Waals surface area contributed by atoms with Gasteiger partial charge in [0.25, 0.3) is 5.56 Å². The molecule has 1 unspecified atom stereocenters. The molecular weight excluding hydrogens is 230 g/mol. The third kappa shape index (κ3) is 1.64. The molecule has 0 saturated heterocycles. The number of nitrogens with zero attached hydrogens (tertiary/aromatic N) is 3. The fraction of sp³-hybridized carbons (Fsp3) is 0.154. The number of aromatic nitrogens is 2. The van der Waals surface area contributed by atoms with Crippen LogP contribution in [0.25, 0.3) is 0 Å². The summed E-state index contributed by atoms with van der Waals surface area (Å²) in [5, 5.41) is 8.79. The van der Waals surface area contributed by atoms with Gasteiger partial charge in [-0.2, -0.15) is 10.2 Å². The zero-order valence-electron chi connectivity index (χ0n) is 9.41. The minimum atomic E-state index is -0.544. The highest BCUT2D eigenvalue weighted by atomic mass is 16.5. The van der Waals surface area contributed by atoms with E-state index in [1.165, 1.54) is 6.20 Å². The van der Waals surface area contributed by atoms with Gasteiger partial charge in [0, 0.05) is 6.20 Å². The lowest BCUT2D eigenvalue weighted by molar-refractivity contribution is 0.230. The number of rotatable bonds is 1. The van der Waals surface area contributed by atoms with Crippen molar-refractivity contribution in [2.75, 3.05) is 0 Å². The Labute approximate surface area is 103 Å². The Morgan fingerprint density at radius 1 is 1.39 bits per heavy atom. The number of hydrogen-bond acceptors (Lipinski definition) is 4. The van der Waals surface area contributed by atoms with Crippen LogP contribution in [0.3, 0.4) is 0 Å². The molecular formula is C13H9N3O2. The highest BCUT2D eigenvalue weighted by molar-refractivity contribution is 5.27. The standard InChI is InChI=1S/C13H9N3O2/c14-6-10-7-16-8-11(9-4-2-1-3-5-9)18-13(16)15-12(10)17/h1-5,7,11H,8H2. The van der Waals surface area contributed by atoms with E-state index in [-0.39, 0.29) is 17.7 Å². The predicted molar refractivity (Wildman–Crippen MR) is 63.0 cm³/mol. The molecule has 0 saturated carbocycles. The van der Waals surface area contributed by atoms with E-state index in [4.69, 9.17) is 10.00 Å². The van der Waals surface area contributed by atoms with Crippen molar-refractivity contribution >= 4 is 0 Å². The summed E-state index contributed by atoms with van der Waals surface area (Å²) in [6.45, 7) is 0.557. The summed E-state index contributed by atoms with van der Waals surface area (Å²) in [5.41, 5.74) is 0.516. The lowest BCUT2D eigenvalue weighted by Crippen LogP contribution is -2.13. The zero-order chi connectivity index (χ0) is 12.5. The monoisotopic (exact) mass is 239 g/mol. The summed E-state index contributed by atoms with van der Waals surface area (Å²) in [6, 6.07) is 11.8. The predicted octanol–water partition coefficient (Wildman–Crippen LogP) is 1.25. The number of nitriles is 1. The molecule has 2 aromatic rings. The van der Waals surface area contributed by atoms with E-state index in [2.05, 4.69) is 4.98 Å². The number of benzene rings is 1. The van der Waals surface area contributed by atoms with Crippen molar-refractivity contribution in [1.29, 1.82) is 5.26 Å². The summed E-state index contributed by atoms with van der Waals surface area (Å²) in [5.74, 6) is 0. The second-order valence-electron chi connectivity index (χ2n) is 4.02. The summed E-state index contributed by atoms with van der Waals surface area (Å²) in [7, 11) is 0. The van der Waals surface area contributed by atoms with Crippen molar-refractivity contribution < 1.29 is 4.74 Å². The van der Waals surface area contributed by atoms with Gasteiger partial charge >= 0.3 is 6.01 Å². The first-order valence-corrected chi connectivity index (χ1v) is 5.51. The van der Waals surface area contributed by atoms with Crippen LogP contribution in [0.4, 0.5) is 0 Å². The van der Waals surface area contributed by atoms with Gasteiger partial charge < -0.3 is 4.74 Å². The molecule has 18 heavy (non-hydrogen) atoms. The van der Waals surface area contributed by atoms with Crippen molar-refractivity contribution in [2.24, 2.45) is 0 Å². The Morgan fingerprint density at radius 2 is 2.17 bits per heavy atom. The van der Waals surface area contributed by atoms with Gasteiger partial charge in [0.15, 0.2) is 0 Å². The lowest BCUT2D eigenvalue weighted by atomic mass is 10.1. The van der Waals surface area contributed by atoms with Crippen LogP contribution in [0.2, 0.25) is 0 Å². The van der Waals surface area contributed by atoms with E-state index in [1.807, 2.05) is 36.4 Å². The van der Waals surface area contributed by atoms with Gasteiger partial charge in [-0.25, -0.2) is 0 Å². The van der Waals surface area contributed by atoms with Crippen molar-refractivity contribution in [2.45, 2.75) is 12.6 Å².